The van der Waals surface area contributed by atoms with Crippen molar-refractivity contribution in [2.24, 2.45) is 5.41 Å². The molecule has 1 saturated heterocycles. The maximum Gasteiger partial charge on any atom is 0.0467 e. The molecule has 0 amide bonds. The van der Waals surface area contributed by atoms with Crippen LogP contribution in [0.25, 0.3) is 0 Å². The van der Waals surface area contributed by atoms with Gasteiger partial charge in [-0.2, -0.15) is 0 Å². The monoisotopic (exact) mass is 270 g/mol. The Hall–Kier alpha value is -0.120. The molecule has 0 aromatic heterocycles. The Morgan fingerprint density at radius 3 is 2.63 bits per heavy atom. The zero-order chi connectivity index (χ0) is 14.3. The minimum absolute atomic E-state index is 0.333. The molecule has 1 atom stereocenters. The topological polar surface area (TPSA) is 24.5 Å². The first-order valence-corrected chi connectivity index (χ1v) is 7.91. The van der Waals surface area contributed by atoms with Crippen molar-refractivity contribution in [3.05, 3.63) is 0 Å². The standard InChI is InChI=1S/C16H34N2O/c1-14(2)18-10-6-7-15(8-11-18)17-13-16(3,4)9-12-19-5/h14-15,17H,6-13H2,1-5H3. The molecule has 0 spiro atoms. The Kier molecular flexibility index (Phi) is 7.33. The Morgan fingerprint density at radius 2 is 2.00 bits per heavy atom. The van der Waals surface area contributed by atoms with Crippen molar-refractivity contribution in [2.45, 2.75) is 65.5 Å². The van der Waals surface area contributed by atoms with E-state index < -0.39 is 0 Å². The van der Waals surface area contributed by atoms with Crippen molar-refractivity contribution in [3.63, 3.8) is 0 Å². The molecular formula is C16H34N2O. The molecule has 19 heavy (non-hydrogen) atoms. The van der Waals surface area contributed by atoms with Gasteiger partial charge in [-0.05, 0) is 58.0 Å². The van der Waals surface area contributed by atoms with Gasteiger partial charge in [-0.25, -0.2) is 0 Å². The Bertz CT molecular complexity index is 241. The van der Waals surface area contributed by atoms with E-state index in [9.17, 15) is 0 Å². The fraction of sp³-hybridized carbons (Fsp3) is 1.00. The van der Waals surface area contributed by atoms with E-state index in [0.717, 1.165) is 19.6 Å². The van der Waals surface area contributed by atoms with Crippen LogP contribution in [0.2, 0.25) is 0 Å². The maximum atomic E-state index is 5.20. The molecule has 0 radical (unpaired) electrons. The molecule has 3 heteroatoms. The average Bonchev–Trinajstić information content (AvgIpc) is 2.59. The summed E-state index contributed by atoms with van der Waals surface area (Å²) in [5.41, 5.74) is 0.333. The Balaban J connectivity index is 2.29. The van der Waals surface area contributed by atoms with Crippen molar-refractivity contribution in [2.75, 3.05) is 33.4 Å². The van der Waals surface area contributed by atoms with Crippen LogP contribution in [-0.4, -0.2) is 50.3 Å². The Morgan fingerprint density at radius 1 is 1.26 bits per heavy atom. The highest BCUT2D eigenvalue weighted by atomic mass is 16.5. The number of nitrogens with one attached hydrogen (secondary N) is 1. The van der Waals surface area contributed by atoms with E-state index in [1.54, 1.807) is 7.11 Å². The first kappa shape index (κ1) is 16.9. The molecule has 1 heterocycles. The van der Waals surface area contributed by atoms with Gasteiger partial charge in [-0.15, -0.1) is 0 Å². The summed E-state index contributed by atoms with van der Waals surface area (Å²) >= 11 is 0. The third-order valence-electron chi connectivity index (χ3n) is 4.35. The predicted octanol–water partition coefficient (Wildman–Crippen LogP) is 2.90. The number of hydrogen-bond acceptors (Lipinski definition) is 3. The summed E-state index contributed by atoms with van der Waals surface area (Å²) in [7, 11) is 1.79. The second-order valence-corrected chi connectivity index (χ2v) is 7.05. The highest BCUT2D eigenvalue weighted by molar-refractivity contribution is 4.79. The fourth-order valence-corrected chi connectivity index (χ4v) is 2.73. The summed E-state index contributed by atoms with van der Waals surface area (Å²) < 4.78 is 5.20. The second kappa shape index (κ2) is 8.23. The molecule has 1 N–H and O–H groups in total. The molecule has 114 valence electrons. The number of nitrogens with zero attached hydrogens (tertiary/aromatic N) is 1. The lowest BCUT2D eigenvalue weighted by molar-refractivity contribution is 0.148. The molecule has 0 aromatic carbocycles. The lowest BCUT2D eigenvalue weighted by Crippen LogP contribution is -2.38. The van der Waals surface area contributed by atoms with Gasteiger partial charge in [0.05, 0.1) is 0 Å². The van der Waals surface area contributed by atoms with Crippen LogP contribution in [0.1, 0.15) is 53.4 Å². The van der Waals surface area contributed by atoms with Gasteiger partial charge in [0.2, 0.25) is 0 Å². The molecule has 0 bridgehead atoms. The molecule has 1 aliphatic rings. The van der Waals surface area contributed by atoms with E-state index in [1.165, 1.54) is 32.4 Å². The maximum absolute atomic E-state index is 5.20. The van der Waals surface area contributed by atoms with Crippen LogP contribution in [0.15, 0.2) is 0 Å². The van der Waals surface area contributed by atoms with Gasteiger partial charge >= 0.3 is 0 Å². The smallest absolute Gasteiger partial charge is 0.0467 e. The number of likely N-dealkylation sites (tertiary alicyclic amines) is 1. The summed E-state index contributed by atoms with van der Waals surface area (Å²) in [4.78, 5) is 2.61. The third kappa shape index (κ3) is 6.73. The van der Waals surface area contributed by atoms with Gasteiger partial charge < -0.3 is 15.0 Å². The minimum atomic E-state index is 0.333. The molecule has 1 rings (SSSR count). The molecule has 0 aromatic rings. The molecule has 1 aliphatic heterocycles. The summed E-state index contributed by atoms with van der Waals surface area (Å²) in [6.45, 7) is 13.7. The quantitative estimate of drug-likeness (QED) is 0.770. The van der Waals surface area contributed by atoms with E-state index >= 15 is 0 Å². The first-order valence-electron chi connectivity index (χ1n) is 7.91. The average molecular weight is 270 g/mol. The van der Waals surface area contributed by atoms with E-state index in [4.69, 9.17) is 4.74 Å². The molecule has 0 aliphatic carbocycles. The van der Waals surface area contributed by atoms with Gasteiger partial charge in [0, 0.05) is 32.3 Å². The summed E-state index contributed by atoms with van der Waals surface area (Å²) in [6, 6.07) is 1.39. The van der Waals surface area contributed by atoms with Crippen molar-refractivity contribution in [3.8, 4) is 0 Å². The highest BCUT2D eigenvalue weighted by Gasteiger charge is 2.22. The number of ether oxygens (including phenoxy) is 1. The van der Waals surface area contributed by atoms with Crippen LogP contribution in [0, 0.1) is 5.41 Å². The van der Waals surface area contributed by atoms with Gasteiger partial charge in [0.15, 0.2) is 0 Å². The molecular weight excluding hydrogens is 236 g/mol. The first-order chi connectivity index (χ1) is 8.94. The number of rotatable bonds is 7. The lowest BCUT2D eigenvalue weighted by atomic mass is 9.89. The van der Waals surface area contributed by atoms with Gasteiger partial charge in [-0.1, -0.05) is 13.8 Å². The third-order valence-corrected chi connectivity index (χ3v) is 4.35. The van der Waals surface area contributed by atoms with Crippen LogP contribution < -0.4 is 5.32 Å². The van der Waals surface area contributed by atoms with E-state index in [1.807, 2.05) is 0 Å². The van der Waals surface area contributed by atoms with Gasteiger partial charge in [-0.3, -0.25) is 0 Å². The van der Waals surface area contributed by atoms with Crippen molar-refractivity contribution in [1.82, 2.24) is 10.2 Å². The van der Waals surface area contributed by atoms with Crippen LogP contribution >= 0.6 is 0 Å². The van der Waals surface area contributed by atoms with Gasteiger partial charge in [0.25, 0.3) is 0 Å². The van der Waals surface area contributed by atoms with Crippen LogP contribution in [0.3, 0.4) is 0 Å². The van der Waals surface area contributed by atoms with Crippen molar-refractivity contribution in [1.29, 1.82) is 0 Å². The number of hydrogen-bond donors (Lipinski definition) is 1. The Labute approximate surface area is 120 Å². The molecule has 3 nitrogen and oxygen atoms in total. The molecule has 1 fully saturated rings. The predicted molar refractivity (Wildman–Crippen MR) is 82.6 cm³/mol. The van der Waals surface area contributed by atoms with E-state index in [-0.39, 0.29) is 0 Å². The summed E-state index contributed by atoms with van der Waals surface area (Å²) in [5.74, 6) is 0. The largest absolute Gasteiger partial charge is 0.385 e. The normalized spacial score (nSPS) is 22.7. The highest BCUT2D eigenvalue weighted by Crippen LogP contribution is 2.20. The van der Waals surface area contributed by atoms with Crippen LogP contribution in [-0.2, 0) is 4.74 Å². The second-order valence-electron chi connectivity index (χ2n) is 7.05. The SMILES string of the molecule is COCCC(C)(C)CNC1CCCN(C(C)C)CC1. The molecule has 0 saturated carbocycles. The van der Waals surface area contributed by atoms with Crippen LogP contribution in [0.5, 0.6) is 0 Å². The summed E-state index contributed by atoms with van der Waals surface area (Å²) in [5, 5.41) is 3.79. The zero-order valence-corrected chi connectivity index (χ0v) is 13.7. The van der Waals surface area contributed by atoms with E-state index in [2.05, 4.69) is 37.9 Å². The minimum Gasteiger partial charge on any atom is -0.385 e. The van der Waals surface area contributed by atoms with E-state index in [0.29, 0.717) is 17.5 Å². The summed E-state index contributed by atoms with van der Waals surface area (Å²) in [6.07, 6.45) is 5.07. The fourth-order valence-electron chi connectivity index (χ4n) is 2.73. The van der Waals surface area contributed by atoms with Crippen molar-refractivity contribution >= 4 is 0 Å². The zero-order valence-electron chi connectivity index (χ0n) is 13.7. The van der Waals surface area contributed by atoms with Crippen LogP contribution in [0.4, 0.5) is 0 Å². The molecule has 1 unspecified atom stereocenters. The van der Waals surface area contributed by atoms with Crippen molar-refractivity contribution < 1.29 is 4.74 Å². The van der Waals surface area contributed by atoms with Gasteiger partial charge in [0.1, 0.15) is 0 Å². The number of methoxy groups -OCH3 is 1. The lowest BCUT2D eigenvalue weighted by Gasteiger charge is -2.28.